The van der Waals surface area contributed by atoms with E-state index in [1.165, 1.54) is 6.07 Å². The van der Waals surface area contributed by atoms with Crippen LogP contribution in [0.25, 0.3) is 0 Å². The Hall–Kier alpha value is -0.950. The Morgan fingerprint density at radius 1 is 1.43 bits per heavy atom. The summed E-state index contributed by atoms with van der Waals surface area (Å²) < 4.78 is 27.7. The minimum Gasteiger partial charge on any atom is -0.389 e. The van der Waals surface area contributed by atoms with Gasteiger partial charge in [0.1, 0.15) is 0 Å². The molecule has 1 fully saturated rings. The molecule has 1 aliphatic heterocycles. The summed E-state index contributed by atoms with van der Waals surface area (Å²) in [7, 11) is -1.48. The highest BCUT2D eigenvalue weighted by molar-refractivity contribution is 7.89. The van der Waals surface area contributed by atoms with E-state index >= 15 is 0 Å². The smallest absolute Gasteiger partial charge is 0.240 e. The second kappa shape index (κ2) is 6.44. The van der Waals surface area contributed by atoms with E-state index in [1.807, 2.05) is 0 Å². The van der Waals surface area contributed by atoms with Crippen molar-refractivity contribution in [3.63, 3.8) is 0 Å². The van der Waals surface area contributed by atoms with E-state index in [-0.39, 0.29) is 10.9 Å². The van der Waals surface area contributed by atoms with Gasteiger partial charge in [0, 0.05) is 12.1 Å². The van der Waals surface area contributed by atoms with Gasteiger partial charge < -0.3 is 10.0 Å². The number of piperidine rings is 1. The molecular weight excluding hydrogens is 288 g/mol. The van der Waals surface area contributed by atoms with Crippen molar-refractivity contribution < 1.29 is 13.5 Å². The molecule has 0 aliphatic carbocycles. The number of likely N-dealkylation sites (tertiary alicyclic amines) is 1. The molecule has 2 N–H and O–H groups in total. The molecule has 3 unspecified atom stereocenters. The third kappa shape index (κ3) is 4.03. The lowest BCUT2D eigenvalue weighted by Crippen LogP contribution is -2.47. The monoisotopic (exact) mass is 312 g/mol. The third-order valence-electron chi connectivity index (χ3n) is 4.18. The first-order chi connectivity index (χ1) is 9.79. The average Bonchev–Trinajstić information content (AvgIpc) is 2.43. The van der Waals surface area contributed by atoms with Gasteiger partial charge in [-0.3, -0.25) is 0 Å². The van der Waals surface area contributed by atoms with Gasteiger partial charge in [0.05, 0.1) is 11.0 Å². The zero-order chi connectivity index (χ0) is 15.6. The third-order valence-corrected chi connectivity index (χ3v) is 5.70. The molecule has 3 atom stereocenters. The molecule has 5 nitrogen and oxygen atoms in total. The van der Waals surface area contributed by atoms with Gasteiger partial charge in [0.25, 0.3) is 0 Å². The van der Waals surface area contributed by atoms with Gasteiger partial charge in [-0.15, -0.1) is 0 Å². The summed E-state index contributed by atoms with van der Waals surface area (Å²) in [4.78, 5) is 2.45. The molecule has 1 aliphatic rings. The first-order valence-electron chi connectivity index (χ1n) is 7.30. The maximum atomic E-state index is 12.5. The van der Waals surface area contributed by atoms with E-state index in [4.69, 9.17) is 0 Å². The molecule has 2 rings (SSSR count). The fraction of sp³-hybridized carbons (Fsp3) is 0.600. The minimum atomic E-state index is -3.54. The van der Waals surface area contributed by atoms with Crippen LogP contribution in [0.15, 0.2) is 29.2 Å². The zero-order valence-corrected chi connectivity index (χ0v) is 13.6. The van der Waals surface area contributed by atoms with Gasteiger partial charge in [-0.2, -0.15) is 0 Å². The maximum absolute atomic E-state index is 12.5. The lowest BCUT2D eigenvalue weighted by Gasteiger charge is -2.35. The summed E-state index contributed by atoms with van der Waals surface area (Å²) in [6.45, 7) is 4.62. The van der Waals surface area contributed by atoms with Crippen molar-refractivity contribution in [3.05, 3.63) is 29.8 Å². The van der Waals surface area contributed by atoms with Crippen molar-refractivity contribution in [1.29, 1.82) is 0 Å². The highest BCUT2D eigenvalue weighted by Gasteiger charge is 2.27. The van der Waals surface area contributed by atoms with Crippen LogP contribution in [0.2, 0.25) is 0 Å². The second-order valence-corrected chi connectivity index (χ2v) is 7.63. The molecule has 1 aromatic carbocycles. The van der Waals surface area contributed by atoms with Crippen LogP contribution in [-0.4, -0.2) is 44.1 Å². The fourth-order valence-corrected chi connectivity index (χ4v) is 3.96. The van der Waals surface area contributed by atoms with Crippen LogP contribution in [0.5, 0.6) is 0 Å². The van der Waals surface area contributed by atoms with Gasteiger partial charge in [0.15, 0.2) is 0 Å². The summed E-state index contributed by atoms with van der Waals surface area (Å²) in [5, 5.41) is 9.58. The molecule has 0 amide bonds. The number of aliphatic hydroxyl groups excluding tert-OH is 1. The van der Waals surface area contributed by atoms with Crippen LogP contribution in [0, 0.1) is 0 Å². The Kier molecular flexibility index (Phi) is 5.03. The lowest BCUT2D eigenvalue weighted by atomic mass is 10.0. The molecule has 6 heteroatoms. The predicted molar refractivity (Wildman–Crippen MR) is 82.5 cm³/mol. The highest BCUT2D eigenvalue weighted by Crippen LogP contribution is 2.20. The Balaban J connectivity index is 2.13. The molecule has 0 bridgehead atoms. The number of nitrogens with one attached hydrogen (secondary N) is 1. The van der Waals surface area contributed by atoms with Crippen LogP contribution in [0.3, 0.4) is 0 Å². The van der Waals surface area contributed by atoms with Crippen molar-refractivity contribution in [2.45, 2.75) is 49.8 Å². The molecule has 21 heavy (non-hydrogen) atoms. The second-order valence-electron chi connectivity index (χ2n) is 5.92. The van der Waals surface area contributed by atoms with Crippen LogP contribution in [0.4, 0.5) is 0 Å². The van der Waals surface area contributed by atoms with E-state index in [9.17, 15) is 13.5 Å². The van der Waals surface area contributed by atoms with Crippen molar-refractivity contribution in [2.24, 2.45) is 0 Å². The number of hydrogen-bond donors (Lipinski definition) is 2. The van der Waals surface area contributed by atoms with Crippen molar-refractivity contribution >= 4 is 10.0 Å². The Labute approximate surface area is 127 Å². The number of nitrogens with zero attached hydrogens (tertiary/aromatic N) is 1. The van der Waals surface area contributed by atoms with Crippen LogP contribution in [-0.2, 0) is 10.0 Å². The summed E-state index contributed by atoms with van der Waals surface area (Å²) in [6.07, 6.45) is 0.950. The van der Waals surface area contributed by atoms with Crippen molar-refractivity contribution in [3.8, 4) is 0 Å². The minimum absolute atomic E-state index is 0.0311. The molecule has 1 aromatic rings. The summed E-state index contributed by atoms with van der Waals surface area (Å²) in [6, 6.07) is 6.82. The number of sulfonamides is 1. The molecule has 0 spiro atoms. The molecule has 0 radical (unpaired) electrons. The summed E-state index contributed by atoms with van der Waals surface area (Å²) >= 11 is 0. The molecule has 0 saturated carbocycles. The maximum Gasteiger partial charge on any atom is 0.240 e. The Morgan fingerprint density at radius 2 is 2.14 bits per heavy atom. The first kappa shape index (κ1) is 16.4. The van der Waals surface area contributed by atoms with Crippen molar-refractivity contribution in [2.75, 3.05) is 13.6 Å². The SMILES string of the molecule is CC(O)c1cccc(S(=O)(=O)NC2CCN(C)C(C)C2)c1. The molecule has 1 saturated heterocycles. The normalized spacial score (nSPS) is 25.7. The number of hydrogen-bond acceptors (Lipinski definition) is 4. The average molecular weight is 312 g/mol. The number of aliphatic hydroxyl groups is 1. The van der Waals surface area contributed by atoms with E-state index in [2.05, 4.69) is 23.6 Å². The predicted octanol–water partition coefficient (Wildman–Crippen LogP) is 1.50. The van der Waals surface area contributed by atoms with Gasteiger partial charge in [-0.05, 0) is 58.0 Å². The molecule has 1 heterocycles. The number of rotatable bonds is 4. The summed E-state index contributed by atoms with van der Waals surface area (Å²) in [5.74, 6) is 0. The van der Waals surface area contributed by atoms with E-state index < -0.39 is 16.1 Å². The van der Waals surface area contributed by atoms with E-state index in [0.717, 1.165) is 19.4 Å². The lowest BCUT2D eigenvalue weighted by molar-refractivity contribution is 0.178. The molecule has 0 aromatic heterocycles. The zero-order valence-electron chi connectivity index (χ0n) is 12.8. The van der Waals surface area contributed by atoms with Crippen molar-refractivity contribution in [1.82, 2.24) is 9.62 Å². The standard InChI is InChI=1S/C15H24N2O3S/c1-11-9-14(7-8-17(11)3)16-21(19,20)15-6-4-5-13(10-15)12(2)18/h4-6,10-12,14,16,18H,7-9H2,1-3H3. The quantitative estimate of drug-likeness (QED) is 0.884. The Morgan fingerprint density at radius 3 is 2.76 bits per heavy atom. The largest absolute Gasteiger partial charge is 0.389 e. The summed E-state index contributed by atoms with van der Waals surface area (Å²) in [5.41, 5.74) is 0.606. The van der Waals surface area contributed by atoms with Crippen LogP contribution < -0.4 is 4.72 Å². The fourth-order valence-electron chi connectivity index (χ4n) is 2.63. The molecular formula is C15H24N2O3S. The van der Waals surface area contributed by atoms with Crippen LogP contribution >= 0.6 is 0 Å². The topological polar surface area (TPSA) is 69.6 Å². The van der Waals surface area contributed by atoms with E-state index in [1.54, 1.807) is 25.1 Å². The number of benzene rings is 1. The van der Waals surface area contributed by atoms with Crippen LogP contribution in [0.1, 0.15) is 38.4 Å². The van der Waals surface area contributed by atoms with Gasteiger partial charge in [-0.25, -0.2) is 13.1 Å². The Bertz CT molecular complexity index is 586. The first-order valence-corrected chi connectivity index (χ1v) is 8.78. The highest BCUT2D eigenvalue weighted by atomic mass is 32.2. The van der Waals surface area contributed by atoms with Gasteiger partial charge >= 0.3 is 0 Å². The molecule has 118 valence electrons. The van der Waals surface area contributed by atoms with Gasteiger partial charge in [0.2, 0.25) is 10.0 Å². The van der Waals surface area contributed by atoms with E-state index in [0.29, 0.717) is 11.6 Å². The van der Waals surface area contributed by atoms with Gasteiger partial charge in [-0.1, -0.05) is 12.1 Å².